The van der Waals surface area contributed by atoms with Crippen molar-refractivity contribution in [1.29, 1.82) is 0 Å². The molecule has 6 nitrogen and oxygen atoms in total. The Kier molecular flexibility index (Phi) is 4.17. The zero-order valence-electron chi connectivity index (χ0n) is 18.5. The highest BCUT2D eigenvalue weighted by Crippen LogP contribution is 2.57. The summed E-state index contributed by atoms with van der Waals surface area (Å²) in [6.45, 7) is 0. The number of hydrogen-bond acceptors (Lipinski definition) is 5. The second-order valence-electron chi connectivity index (χ2n) is 8.07. The lowest BCUT2D eigenvalue weighted by Gasteiger charge is -2.42. The summed E-state index contributed by atoms with van der Waals surface area (Å²) in [5.74, 6) is 1.77. The number of quaternary nitrogens is 1. The number of methoxy groups -OCH3 is 3. The summed E-state index contributed by atoms with van der Waals surface area (Å²) in [6, 6.07) is 19.6. The van der Waals surface area contributed by atoms with Gasteiger partial charge in [0.15, 0.2) is 17.1 Å². The highest BCUT2D eigenvalue weighted by Gasteiger charge is 2.48. The molecule has 0 N–H and O–H groups in total. The fourth-order valence-corrected chi connectivity index (χ4v) is 5.03. The van der Waals surface area contributed by atoms with Crippen LogP contribution in [-0.2, 0) is 0 Å². The number of fused-ring (bicyclic) bond motifs is 4. The third-order valence-corrected chi connectivity index (χ3v) is 6.47. The van der Waals surface area contributed by atoms with Crippen LogP contribution in [0.5, 0.6) is 17.2 Å². The molecule has 0 bridgehead atoms. The van der Waals surface area contributed by atoms with Gasteiger partial charge in [-0.05, 0) is 48.5 Å². The van der Waals surface area contributed by atoms with Gasteiger partial charge in [-0.2, -0.15) is 0 Å². The summed E-state index contributed by atoms with van der Waals surface area (Å²) in [5.41, 5.74) is 4.76. The maximum Gasteiger partial charge on any atom is 0.224 e. The zero-order valence-corrected chi connectivity index (χ0v) is 18.5. The molecule has 0 saturated carbocycles. The van der Waals surface area contributed by atoms with Crippen LogP contribution in [0.2, 0.25) is 0 Å². The number of nitrogens with zero attached hydrogens (tertiary/aromatic N) is 2. The van der Waals surface area contributed by atoms with Gasteiger partial charge in [-0.25, -0.2) is 0 Å². The second kappa shape index (κ2) is 7.00. The van der Waals surface area contributed by atoms with Crippen molar-refractivity contribution in [1.82, 2.24) is 4.65 Å². The van der Waals surface area contributed by atoms with E-state index in [1.54, 1.807) is 27.5 Å². The first-order valence-electron chi connectivity index (χ1n) is 10.7. The van der Waals surface area contributed by atoms with E-state index in [-0.39, 0.29) is 0 Å². The van der Waals surface area contributed by atoms with Gasteiger partial charge in [0.1, 0.15) is 17.6 Å². The van der Waals surface area contributed by atoms with Crippen LogP contribution in [0, 0.1) is 5.21 Å². The molecule has 3 aliphatic rings. The minimum atomic E-state index is -0.742. The average molecular weight is 438 g/mol. The van der Waals surface area contributed by atoms with Gasteiger partial charge in [-0.1, -0.05) is 18.2 Å². The number of allylic oxidation sites excluding steroid dienone is 2. The Labute approximate surface area is 191 Å². The number of anilines is 1. The fraction of sp³-hybridized carbons (Fsp3) is 0.111. The molecule has 164 valence electrons. The van der Waals surface area contributed by atoms with E-state index in [2.05, 4.69) is 11.0 Å². The van der Waals surface area contributed by atoms with E-state index in [4.69, 9.17) is 14.2 Å². The average Bonchev–Trinajstić information content (AvgIpc) is 3.12. The van der Waals surface area contributed by atoms with Crippen LogP contribution in [0.4, 0.5) is 11.4 Å². The van der Waals surface area contributed by atoms with Crippen molar-refractivity contribution in [2.75, 3.05) is 26.2 Å². The molecule has 3 aliphatic heterocycles. The number of hydroxylamine groups is 2. The molecule has 0 spiro atoms. The van der Waals surface area contributed by atoms with E-state index in [0.717, 1.165) is 38.7 Å². The third-order valence-electron chi connectivity index (χ3n) is 6.47. The second-order valence-corrected chi connectivity index (χ2v) is 8.07. The number of benzene rings is 3. The van der Waals surface area contributed by atoms with Gasteiger partial charge in [-0.15, -0.1) is 0 Å². The van der Waals surface area contributed by atoms with Crippen LogP contribution < -0.4 is 34.2 Å². The van der Waals surface area contributed by atoms with E-state index in [1.165, 1.54) is 0 Å². The molecule has 1 unspecified atom stereocenters. The lowest BCUT2D eigenvalue weighted by molar-refractivity contribution is 0.351. The molecule has 33 heavy (non-hydrogen) atoms. The first-order valence-corrected chi connectivity index (χ1v) is 10.7. The quantitative estimate of drug-likeness (QED) is 0.458. The minimum Gasteiger partial charge on any atom is -0.617 e. The highest BCUT2D eigenvalue weighted by molar-refractivity contribution is 6.07. The molecule has 3 aromatic carbocycles. The van der Waals surface area contributed by atoms with Crippen molar-refractivity contribution >= 4 is 28.8 Å². The van der Waals surface area contributed by atoms with E-state index < -0.39 is 4.65 Å². The van der Waals surface area contributed by atoms with Gasteiger partial charge in [0.25, 0.3) is 0 Å². The molecule has 6 rings (SSSR count). The van der Waals surface area contributed by atoms with Crippen LogP contribution in [0.3, 0.4) is 0 Å². The maximum atomic E-state index is 14.8. The lowest BCUT2D eigenvalue weighted by atomic mass is 9.99. The molecule has 0 fully saturated rings. The summed E-state index contributed by atoms with van der Waals surface area (Å²) < 4.78 is 15.8. The smallest absolute Gasteiger partial charge is 0.224 e. The van der Waals surface area contributed by atoms with Crippen molar-refractivity contribution in [3.05, 3.63) is 99.8 Å². The summed E-state index contributed by atoms with van der Waals surface area (Å²) in [5, 5.41) is 16.7. The summed E-state index contributed by atoms with van der Waals surface area (Å²) in [7, 11) is 4.80. The summed E-state index contributed by atoms with van der Waals surface area (Å²) in [4.78, 5) is 2.07. The first kappa shape index (κ1) is 19.7. The van der Waals surface area contributed by atoms with Crippen molar-refractivity contribution in [2.45, 2.75) is 0 Å². The summed E-state index contributed by atoms with van der Waals surface area (Å²) in [6.07, 6.45) is 5.79. The SMILES string of the molecule is COc1ccc(N2C=CC3=C4C2=c2ccccc2=C[N+]4([O-])c2c3ccc(OC)c2OC)cc1. The van der Waals surface area contributed by atoms with Crippen molar-refractivity contribution in [3.8, 4) is 17.2 Å². The van der Waals surface area contributed by atoms with Crippen LogP contribution in [0.25, 0.3) is 17.5 Å². The Balaban J connectivity index is 1.68. The molecule has 6 heteroatoms. The van der Waals surface area contributed by atoms with E-state index in [9.17, 15) is 5.21 Å². The van der Waals surface area contributed by atoms with Crippen LogP contribution in [-0.4, -0.2) is 21.3 Å². The molecule has 3 aromatic rings. The maximum absolute atomic E-state index is 14.8. The van der Waals surface area contributed by atoms with Gasteiger partial charge in [0.05, 0.1) is 32.5 Å². The highest BCUT2D eigenvalue weighted by atomic mass is 16.6. The first-order chi connectivity index (χ1) is 16.1. The van der Waals surface area contributed by atoms with Crippen LogP contribution in [0.1, 0.15) is 5.56 Å². The molecule has 1 atom stereocenters. The molecule has 0 aliphatic carbocycles. The Morgan fingerprint density at radius 3 is 2.36 bits per heavy atom. The van der Waals surface area contributed by atoms with Crippen molar-refractivity contribution < 1.29 is 14.2 Å². The Hall–Kier alpha value is -4.00. The van der Waals surface area contributed by atoms with Gasteiger partial charge < -0.3 is 24.3 Å². The van der Waals surface area contributed by atoms with E-state index in [1.807, 2.05) is 66.9 Å². The normalized spacial score (nSPS) is 19.5. The molecule has 3 heterocycles. The zero-order chi connectivity index (χ0) is 22.7. The molecule has 0 radical (unpaired) electrons. The number of ether oxygens (including phenoxy) is 3. The molecule has 0 saturated heterocycles. The largest absolute Gasteiger partial charge is 0.617 e. The van der Waals surface area contributed by atoms with E-state index in [0.29, 0.717) is 22.9 Å². The molecule has 0 aromatic heterocycles. The molecular formula is C27H22N2O4. The summed E-state index contributed by atoms with van der Waals surface area (Å²) >= 11 is 0. The third kappa shape index (κ3) is 2.56. The van der Waals surface area contributed by atoms with Gasteiger partial charge in [-0.3, -0.25) is 4.65 Å². The number of rotatable bonds is 4. The van der Waals surface area contributed by atoms with Crippen LogP contribution in [0.15, 0.2) is 78.6 Å². The Bertz CT molecular complexity index is 1490. The van der Waals surface area contributed by atoms with Crippen molar-refractivity contribution in [3.63, 3.8) is 0 Å². The predicted molar refractivity (Wildman–Crippen MR) is 130 cm³/mol. The van der Waals surface area contributed by atoms with Crippen LogP contribution >= 0.6 is 0 Å². The minimum absolute atomic E-state index is 0.457. The standard InChI is InChI=1S/C27H22N2O4/c1-31-19-10-8-18(9-11-19)28-15-14-22-21-12-13-23(32-2)27(33-3)26(21)29(30)16-17-6-4-5-7-20(17)24(28)25(22)29/h4-16H,1-3H3. The topological polar surface area (TPSA) is 54.0 Å². The lowest BCUT2D eigenvalue weighted by Crippen LogP contribution is -2.49. The monoisotopic (exact) mass is 438 g/mol. The molecular weight excluding hydrogens is 416 g/mol. The number of hydrogen-bond donors (Lipinski definition) is 0. The van der Waals surface area contributed by atoms with Gasteiger partial charge in [0, 0.05) is 22.3 Å². The molecule has 0 amide bonds. The van der Waals surface area contributed by atoms with Gasteiger partial charge in [0.2, 0.25) is 5.75 Å². The fourth-order valence-electron chi connectivity index (χ4n) is 5.03. The van der Waals surface area contributed by atoms with Gasteiger partial charge >= 0.3 is 0 Å². The van der Waals surface area contributed by atoms with E-state index >= 15 is 0 Å². The predicted octanol–water partition coefficient (Wildman–Crippen LogP) is 3.84. The Morgan fingerprint density at radius 2 is 1.64 bits per heavy atom. The Morgan fingerprint density at radius 1 is 0.848 bits per heavy atom. The van der Waals surface area contributed by atoms with Crippen molar-refractivity contribution in [2.24, 2.45) is 0 Å².